The number of likely N-dealkylation sites (N-methyl/N-ethyl adjacent to an activating group) is 1. The monoisotopic (exact) mass is 1030 g/mol. The molecule has 6 rings (SSSR count). The minimum Gasteiger partial charge on any atom is -0.495 e. The molecule has 71 heavy (non-hydrogen) atoms. The fraction of sp³-hybridized carbons (Fsp3) is 0.520. The average Bonchev–Trinajstić information content (AvgIpc) is 3.32. The lowest BCUT2D eigenvalue weighted by Crippen LogP contribution is -2.72. The van der Waals surface area contributed by atoms with Crippen LogP contribution in [-0.4, -0.2) is 152 Å². The van der Waals surface area contributed by atoms with E-state index in [-0.39, 0.29) is 84.7 Å². The van der Waals surface area contributed by atoms with Crippen molar-refractivity contribution in [1.82, 2.24) is 20.9 Å². The largest absolute Gasteiger partial charge is 0.495 e. The smallest absolute Gasteiger partial charge is 0.409 e. The number of hydrogen-bond donors (Lipinski definition) is 4. The van der Waals surface area contributed by atoms with Gasteiger partial charge in [0.05, 0.1) is 25.0 Å². The Morgan fingerprint density at radius 1 is 1.04 bits per heavy atom. The molecule has 0 radical (unpaired) electrons. The van der Waals surface area contributed by atoms with Gasteiger partial charge < -0.3 is 49.2 Å². The van der Waals surface area contributed by atoms with Gasteiger partial charge in [-0.15, -0.1) is 0 Å². The van der Waals surface area contributed by atoms with Crippen LogP contribution in [0.15, 0.2) is 54.1 Å². The van der Waals surface area contributed by atoms with Crippen LogP contribution in [0, 0.1) is 0 Å². The van der Waals surface area contributed by atoms with Gasteiger partial charge in [0, 0.05) is 76.9 Å². The number of esters is 1. The first-order valence-electron chi connectivity index (χ1n) is 23.1. The Morgan fingerprint density at radius 2 is 1.73 bits per heavy atom. The number of methoxy groups -OCH3 is 2. The molecule has 0 aliphatic carbocycles. The van der Waals surface area contributed by atoms with Gasteiger partial charge in [-0.2, -0.15) is 11.8 Å². The van der Waals surface area contributed by atoms with Crippen LogP contribution in [0.4, 0.5) is 10.5 Å². The Bertz CT molecular complexity index is 2410. The van der Waals surface area contributed by atoms with E-state index in [1.807, 2.05) is 13.0 Å². The molecule has 0 aromatic heterocycles. The van der Waals surface area contributed by atoms with E-state index < -0.39 is 65.2 Å². The second kappa shape index (κ2) is 24.6. The molecule has 5 unspecified atom stereocenters. The van der Waals surface area contributed by atoms with Gasteiger partial charge in [0.15, 0.2) is 18.3 Å². The van der Waals surface area contributed by atoms with Crippen molar-refractivity contribution in [2.24, 2.45) is 0 Å². The number of amides is 5. The fourth-order valence-electron chi connectivity index (χ4n) is 8.80. The standard InChI is InChI=1S/C50H64ClN5O14S/c1-30-10-9-11-38(67-8)50(65)25-40(69-47(64)54-50)49(4)29-48(3,70-49)39(24-44(62)56(6)36-22-33(20-30)23-37(66-7)45(36)51)68-46(63)31(2)55(5)43(61)16-19-71-28-42(60)53-18-17-52-41(59)15-13-32-12-14-34(26-57)35(21-32)27-58/h9-12,14,21-23,26-27,31,38-40,65H,13,15-20,24-25,28-29H2,1-8H3,(H,52,59)(H,53,60)(H,54,64)/b11-9+,30-10+/t31-,38?,39-,40?,48?,49?,50?/m0/s1. The van der Waals surface area contributed by atoms with Crippen molar-refractivity contribution < 1.29 is 67.1 Å². The number of carbonyl (C=O) groups excluding carboxylic acids is 8. The first-order valence-corrected chi connectivity index (χ1v) is 24.6. The summed E-state index contributed by atoms with van der Waals surface area (Å²) in [5, 5.41) is 19.9. The van der Waals surface area contributed by atoms with Gasteiger partial charge in [-0.3, -0.25) is 34.1 Å². The molecule has 4 N–H and O–H groups in total. The van der Waals surface area contributed by atoms with E-state index >= 15 is 0 Å². The van der Waals surface area contributed by atoms with Crippen molar-refractivity contribution in [2.75, 3.05) is 57.8 Å². The molecule has 19 nitrogen and oxygen atoms in total. The first kappa shape index (κ1) is 56.1. The lowest BCUT2D eigenvalue weighted by molar-refractivity contribution is -0.328. The van der Waals surface area contributed by atoms with Crippen LogP contribution in [-0.2, 0) is 55.8 Å². The molecule has 2 fully saturated rings. The fourth-order valence-corrected chi connectivity index (χ4v) is 9.87. The Balaban J connectivity index is 1.20. The molecular formula is C50H64ClN5O14S. The Morgan fingerprint density at radius 3 is 2.39 bits per heavy atom. The van der Waals surface area contributed by atoms with Gasteiger partial charge in [0.2, 0.25) is 23.6 Å². The van der Waals surface area contributed by atoms with Gasteiger partial charge in [0.25, 0.3) is 0 Å². The number of hydrogen-bond acceptors (Lipinski definition) is 15. The molecule has 4 aliphatic heterocycles. The Labute approximate surface area is 422 Å². The number of aliphatic hydroxyl groups is 1. The van der Waals surface area contributed by atoms with Crippen LogP contribution in [0.3, 0.4) is 0 Å². The summed E-state index contributed by atoms with van der Waals surface area (Å²) < 4.78 is 29.6. The molecular weight excluding hydrogens is 962 g/mol. The van der Waals surface area contributed by atoms with Gasteiger partial charge in [0.1, 0.15) is 46.3 Å². The number of nitrogens with one attached hydrogen (secondary N) is 3. The highest BCUT2D eigenvalue weighted by Crippen LogP contribution is 2.50. The summed E-state index contributed by atoms with van der Waals surface area (Å²) in [7, 11) is 5.86. The van der Waals surface area contributed by atoms with Crippen molar-refractivity contribution in [1.29, 1.82) is 0 Å². The third-order valence-electron chi connectivity index (χ3n) is 12.9. The lowest BCUT2D eigenvalue weighted by atomic mass is 9.72. The van der Waals surface area contributed by atoms with Crippen LogP contribution >= 0.6 is 23.4 Å². The predicted octanol–water partition coefficient (Wildman–Crippen LogP) is 4.27. The number of carbonyl (C=O) groups is 8. The van der Waals surface area contributed by atoms with Crippen molar-refractivity contribution in [2.45, 2.75) is 114 Å². The van der Waals surface area contributed by atoms with Gasteiger partial charge >= 0.3 is 12.1 Å². The number of allylic oxidation sites excluding steroid dienone is 3. The van der Waals surface area contributed by atoms with Gasteiger partial charge in [-0.1, -0.05) is 47.5 Å². The third kappa shape index (κ3) is 14.2. The molecule has 4 aliphatic rings. The zero-order valence-corrected chi connectivity index (χ0v) is 42.9. The summed E-state index contributed by atoms with van der Waals surface area (Å²) in [5.41, 5.74) is -1.18. The maximum atomic E-state index is 14.3. The number of benzene rings is 2. The molecule has 6 bridgehead atoms. The van der Waals surface area contributed by atoms with E-state index in [1.165, 1.54) is 55.8 Å². The number of alkyl carbamates (subject to hydrolysis) is 1. The number of aldehydes is 2. The second-order valence-electron chi connectivity index (χ2n) is 18.4. The highest BCUT2D eigenvalue weighted by molar-refractivity contribution is 7.99. The maximum absolute atomic E-state index is 14.3. The predicted molar refractivity (Wildman–Crippen MR) is 265 cm³/mol. The number of aryl methyl sites for hydroxylation is 1. The van der Waals surface area contributed by atoms with Crippen LogP contribution in [0.5, 0.6) is 5.75 Å². The number of halogens is 1. The zero-order valence-electron chi connectivity index (χ0n) is 41.3. The summed E-state index contributed by atoms with van der Waals surface area (Å²) >= 11 is 8.01. The number of thioether (sulfide) groups is 1. The number of anilines is 1. The molecule has 21 heteroatoms. The van der Waals surface area contributed by atoms with Crippen molar-refractivity contribution >= 4 is 77.3 Å². The maximum Gasteiger partial charge on any atom is 0.409 e. The molecule has 2 aromatic carbocycles. The highest BCUT2D eigenvalue weighted by atomic mass is 35.5. The number of ether oxygens (including phenoxy) is 5. The van der Waals surface area contributed by atoms with Crippen molar-refractivity contribution in [3.8, 4) is 5.75 Å². The Hall–Kier alpha value is -5.80. The summed E-state index contributed by atoms with van der Waals surface area (Å²) in [6.45, 7) is 7.12. The molecule has 2 aromatic rings. The molecule has 5 amide bonds. The molecule has 0 saturated carbocycles. The first-order chi connectivity index (χ1) is 33.6. The molecule has 0 spiro atoms. The van der Waals surface area contributed by atoms with Crippen molar-refractivity contribution in [3.63, 3.8) is 0 Å². The van der Waals surface area contributed by atoms with Gasteiger partial charge in [-0.25, -0.2) is 9.59 Å². The molecule has 4 heterocycles. The van der Waals surface area contributed by atoms with Crippen LogP contribution < -0.4 is 25.6 Å². The Kier molecular flexibility index (Phi) is 19.4. The third-order valence-corrected chi connectivity index (χ3v) is 14.3. The summed E-state index contributed by atoms with van der Waals surface area (Å²) in [6.07, 6.45) is 2.71. The highest BCUT2D eigenvalue weighted by Gasteiger charge is 2.63. The van der Waals surface area contributed by atoms with Crippen LogP contribution in [0.2, 0.25) is 5.02 Å². The van der Waals surface area contributed by atoms with E-state index in [0.717, 1.165) is 16.7 Å². The zero-order chi connectivity index (χ0) is 52.3. The number of rotatable bonds is 18. The average molecular weight is 1030 g/mol. The molecule has 7 atom stereocenters. The summed E-state index contributed by atoms with van der Waals surface area (Å²) in [5.74, 6) is -1.64. The normalized spacial score (nSPS) is 25.9. The molecule has 386 valence electrons. The quantitative estimate of drug-likeness (QED) is 0.0926. The summed E-state index contributed by atoms with van der Waals surface area (Å²) in [6, 6.07) is 7.20. The topological polar surface area (TPSA) is 246 Å². The van der Waals surface area contributed by atoms with Crippen LogP contribution in [0.25, 0.3) is 0 Å². The van der Waals surface area contributed by atoms with E-state index in [9.17, 15) is 43.5 Å². The van der Waals surface area contributed by atoms with E-state index in [2.05, 4.69) is 16.0 Å². The van der Waals surface area contributed by atoms with E-state index in [0.29, 0.717) is 36.9 Å². The van der Waals surface area contributed by atoms with Gasteiger partial charge in [-0.05, 0) is 69.9 Å². The van der Waals surface area contributed by atoms with E-state index in [4.69, 9.17) is 35.3 Å². The van der Waals surface area contributed by atoms with Crippen LogP contribution in [0.1, 0.15) is 91.6 Å². The second-order valence-corrected chi connectivity index (χ2v) is 19.9. The minimum atomic E-state index is -1.91. The minimum absolute atomic E-state index is 0.0140. The van der Waals surface area contributed by atoms with E-state index in [1.54, 1.807) is 57.3 Å². The molecule has 2 saturated heterocycles. The number of fused-ring (bicyclic) bond motifs is 6. The SMILES string of the molecule is COc1cc2cc(c1Cl)N(C)C(=O)C[C@H](OC(=O)[C@H](C)N(C)C(=O)CCSCC(=O)NCCNC(=O)CCc1ccc(C=O)c(C=O)c1)C1(C)CC(C)(O1)C1CC(O)(NC(=O)O1)C(OC)/C=C/C=C(\C)C2. The van der Waals surface area contributed by atoms with Crippen molar-refractivity contribution in [3.05, 3.63) is 81.4 Å². The lowest BCUT2D eigenvalue weighted by Gasteiger charge is -2.59. The summed E-state index contributed by atoms with van der Waals surface area (Å²) in [4.78, 5) is 104. The number of nitrogens with zero attached hydrogens (tertiary/aromatic N) is 2.